The fourth-order valence-corrected chi connectivity index (χ4v) is 3.52. The maximum Gasteiger partial charge on any atom is 0.293 e. The topological polar surface area (TPSA) is 73.6 Å². The maximum atomic E-state index is 12.6. The van der Waals surface area contributed by atoms with Crippen LogP contribution >= 0.6 is 11.3 Å². The molecule has 2 aromatic heterocycles. The van der Waals surface area contributed by atoms with Gasteiger partial charge in [-0.25, -0.2) is 4.98 Å². The van der Waals surface area contributed by atoms with Crippen molar-refractivity contribution in [1.82, 2.24) is 4.98 Å². The average molecular weight is 394 g/mol. The van der Waals surface area contributed by atoms with Crippen molar-refractivity contribution in [2.45, 2.75) is 6.92 Å². The van der Waals surface area contributed by atoms with Gasteiger partial charge in [0.1, 0.15) is 5.75 Å². The number of para-hydroxylation sites is 1. The van der Waals surface area contributed by atoms with E-state index in [0.29, 0.717) is 23.1 Å². The zero-order valence-corrected chi connectivity index (χ0v) is 16.2. The van der Waals surface area contributed by atoms with Gasteiger partial charge in [-0.2, -0.15) is 0 Å². The second-order valence-electron chi connectivity index (χ2n) is 5.94. The van der Waals surface area contributed by atoms with E-state index in [4.69, 9.17) is 13.9 Å². The standard InChI is InChI=1S/C21H18N2O4S/c1-3-26-17-6-4-5-14-11-18(27-19(14)17)20(24)23-21-22-16(12-28-21)13-7-9-15(25-2)10-8-13/h4-12H,3H2,1-2H3,(H,22,23,24). The van der Waals surface area contributed by atoms with Crippen LogP contribution in [0.4, 0.5) is 5.13 Å². The monoisotopic (exact) mass is 394 g/mol. The molecule has 0 atom stereocenters. The smallest absolute Gasteiger partial charge is 0.293 e. The number of hydrogen-bond acceptors (Lipinski definition) is 6. The molecule has 0 bridgehead atoms. The summed E-state index contributed by atoms with van der Waals surface area (Å²) in [7, 11) is 1.63. The van der Waals surface area contributed by atoms with E-state index < -0.39 is 0 Å². The van der Waals surface area contributed by atoms with Gasteiger partial charge in [0.05, 0.1) is 19.4 Å². The summed E-state index contributed by atoms with van der Waals surface area (Å²) in [5, 5.41) is 6.00. The highest BCUT2D eigenvalue weighted by atomic mass is 32.1. The molecule has 0 aliphatic rings. The molecule has 0 spiro atoms. The highest BCUT2D eigenvalue weighted by molar-refractivity contribution is 7.14. The summed E-state index contributed by atoms with van der Waals surface area (Å²) in [6.07, 6.45) is 0. The molecule has 28 heavy (non-hydrogen) atoms. The van der Waals surface area contributed by atoms with Crippen molar-refractivity contribution in [3.8, 4) is 22.8 Å². The largest absolute Gasteiger partial charge is 0.497 e. The molecule has 6 nitrogen and oxygen atoms in total. The molecular formula is C21H18N2O4S. The van der Waals surface area contributed by atoms with Crippen LogP contribution in [0.1, 0.15) is 17.5 Å². The van der Waals surface area contributed by atoms with E-state index in [0.717, 1.165) is 22.4 Å². The van der Waals surface area contributed by atoms with Crippen LogP contribution < -0.4 is 14.8 Å². The molecule has 0 unspecified atom stereocenters. The Bertz CT molecular complexity index is 1120. The van der Waals surface area contributed by atoms with Crippen LogP contribution in [0, 0.1) is 0 Å². The number of methoxy groups -OCH3 is 1. The predicted molar refractivity (Wildman–Crippen MR) is 109 cm³/mol. The van der Waals surface area contributed by atoms with E-state index in [1.807, 2.05) is 54.8 Å². The number of nitrogens with zero attached hydrogens (tertiary/aromatic N) is 1. The zero-order valence-electron chi connectivity index (χ0n) is 15.4. The molecule has 0 saturated carbocycles. The van der Waals surface area contributed by atoms with Crippen molar-refractivity contribution < 1.29 is 18.7 Å². The third-order valence-electron chi connectivity index (χ3n) is 4.14. The van der Waals surface area contributed by atoms with Gasteiger partial charge < -0.3 is 13.9 Å². The van der Waals surface area contributed by atoms with Gasteiger partial charge in [0.2, 0.25) is 0 Å². The van der Waals surface area contributed by atoms with Crippen LogP contribution in [0.3, 0.4) is 0 Å². The minimum atomic E-state index is -0.353. The lowest BCUT2D eigenvalue weighted by Gasteiger charge is -2.02. The first-order valence-electron chi connectivity index (χ1n) is 8.74. The molecule has 0 radical (unpaired) electrons. The third kappa shape index (κ3) is 3.57. The van der Waals surface area contributed by atoms with E-state index in [2.05, 4.69) is 10.3 Å². The Balaban J connectivity index is 1.53. The Morgan fingerprint density at radius 1 is 1.21 bits per heavy atom. The van der Waals surface area contributed by atoms with Gasteiger partial charge >= 0.3 is 0 Å². The Kier molecular flexibility index (Phi) is 4.99. The predicted octanol–water partition coefficient (Wildman–Crippen LogP) is 5.22. The minimum absolute atomic E-state index is 0.211. The molecule has 1 amide bonds. The summed E-state index contributed by atoms with van der Waals surface area (Å²) >= 11 is 1.35. The van der Waals surface area contributed by atoms with Crippen LogP contribution in [0.15, 0.2) is 58.3 Å². The van der Waals surface area contributed by atoms with E-state index in [1.165, 1.54) is 11.3 Å². The highest BCUT2D eigenvalue weighted by Gasteiger charge is 2.16. The summed E-state index contributed by atoms with van der Waals surface area (Å²) < 4.78 is 16.4. The zero-order chi connectivity index (χ0) is 19.5. The van der Waals surface area contributed by atoms with Crippen molar-refractivity contribution in [3.05, 3.63) is 59.7 Å². The summed E-state index contributed by atoms with van der Waals surface area (Å²) in [6, 6.07) is 14.9. The Morgan fingerprint density at radius 2 is 2.04 bits per heavy atom. The Morgan fingerprint density at radius 3 is 2.79 bits per heavy atom. The molecule has 0 aliphatic carbocycles. The molecular weight excluding hydrogens is 376 g/mol. The molecule has 0 fully saturated rings. The van der Waals surface area contributed by atoms with Crippen LogP contribution in [0.25, 0.3) is 22.2 Å². The number of fused-ring (bicyclic) bond motifs is 1. The summed E-state index contributed by atoms with van der Waals surface area (Å²) in [5.41, 5.74) is 2.29. The number of hydrogen-bond donors (Lipinski definition) is 1. The number of nitrogens with one attached hydrogen (secondary N) is 1. The number of ether oxygens (including phenoxy) is 2. The lowest BCUT2D eigenvalue weighted by Crippen LogP contribution is -2.10. The highest BCUT2D eigenvalue weighted by Crippen LogP contribution is 2.30. The maximum absolute atomic E-state index is 12.6. The molecule has 142 valence electrons. The normalized spacial score (nSPS) is 10.8. The first-order valence-corrected chi connectivity index (χ1v) is 9.62. The SMILES string of the molecule is CCOc1cccc2cc(C(=O)Nc3nc(-c4ccc(OC)cc4)cs3)oc12. The number of furan rings is 1. The first kappa shape index (κ1) is 18.1. The van der Waals surface area contributed by atoms with Crippen LogP contribution in [0.2, 0.25) is 0 Å². The van der Waals surface area contributed by atoms with Gasteiger partial charge in [-0.3, -0.25) is 10.1 Å². The molecule has 4 aromatic rings. The molecule has 0 saturated heterocycles. The number of amides is 1. The third-order valence-corrected chi connectivity index (χ3v) is 4.90. The quantitative estimate of drug-likeness (QED) is 0.486. The lowest BCUT2D eigenvalue weighted by atomic mass is 10.2. The minimum Gasteiger partial charge on any atom is -0.497 e. The fraction of sp³-hybridized carbons (Fsp3) is 0.143. The van der Waals surface area contributed by atoms with Gasteiger partial charge in [0, 0.05) is 16.3 Å². The van der Waals surface area contributed by atoms with Crippen LogP contribution in [-0.4, -0.2) is 24.6 Å². The fourth-order valence-electron chi connectivity index (χ4n) is 2.80. The number of thiazole rings is 1. The van der Waals surface area contributed by atoms with E-state index in [1.54, 1.807) is 13.2 Å². The Hall–Kier alpha value is -3.32. The molecule has 2 aromatic carbocycles. The van der Waals surface area contributed by atoms with E-state index >= 15 is 0 Å². The van der Waals surface area contributed by atoms with Gasteiger partial charge in [-0.15, -0.1) is 11.3 Å². The number of anilines is 1. The van der Waals surface area contributed by atoms with Crippen molar-refractivity contribution in [3.63, 3.8) is 0 Å². The molecule has 1 N–H and O–H groups in total. The first-order chi connectivity index (χ1) is 13.7. The van der Waals surface area contributed by atoms with Crippen molar-refractivity contribution in [2.75, 3.05) is 19.0 Å². The molecule has 4 rings (SSSR count). The lowest BCUT2D eigenvalue weighted by molar-refractivity contribution is 0.0998. The number of rotatable bonds is 6. The average Bonchev–Trinajstić information content (AvgIpc) is 3.36. The number of carbonyl (C=O) groups excluding carboxylic acids is 1. The summed E-state index contributed by atoms with van der Waals surface area (Å²) in [6.45, 7) is 2.42. The van der Waals surface area contributed by atoms with Crippen molar-refractivity contribution in [2.24, 2.45) is 0 Å². The van der Waals surface area contributed by atoms with Gasteiger partial charge in [0.15, 0.2) is 22.2 Å². The van der Waals surface area contributed by atoms with E-state index in [-0.39, 0.29) is 11.7 Å². The number of aromatic nitrogens is 1. The van der Waals surface area contributed by atoms with Gasteiger partial charge in [-0.05, 0) is 43.3 Å². The molecule has 7 heteroatoms. The second-order valence-corrected chi connectivity index (χ2v) is 6.80. The Labute approximate surface area is 165 Å². The van der Waals surface area contributed by atoms with Crippen LogP contribution in [-0.2, 0) is 0 Å². The van der Waals surface area contributed by atoms with E-state index in [9.17, 15) is 4.79 Å². The second kappa shape index (κ2) is 7.74. The summed E-state index contributed by atoms with van der Waals surface area (Å²) in [5.74, 6) is 1.26. The van der Waals surface area contributed by atoms with Crippen LogP contribution in [0.5, 0.6) is 11.5 Å². The van der Waals surface area contributed by atoms with Gasteiger partial charge in [-0.1, -0.05) is 12.1 Å². The van der Waals surface area contributed by atoms with Gasteiger partial charge in [0.25, 0.3) is 5.91 Å². The number of benzene rings is 2. The molecule has 2 heterocycles. The van der Waals surface area contributed by atoms with Crippen molar-refractivity contribution >= 4 is 33.3 Å². The van der Waals surface area contributed by atoms with Crippen molar-refractivity contribution in [1.29, 1.82) is 0 Å². The number of carbonyl (C=O) groups is 1. The molecule has 0 aliphatic heterocycles. The summed E-state index contributed by atoms with van der Waals surface area (Å²) in [4.78, 5) is 17.1.